The zero-order chi connectivity index (χ0) is 21.1. The van der Waals surface area contributed by atoms with Crippen LogP contribution in [-0.2, 0) is 9.59 Å². The molecule has 0 N–H and O–H groups in total. The predicted molar refractivity (Wildman–Crippen MR) is 113 cm³/mol. The Balaban J connectivity index is 1.99. The van der Waals surface area contributed by atoms with Gasteiger partial charge in [0, 0.05) is 26.0 Å². The smallest absolute Gasteiger partial charge is 0.262 e. The van der Waals surface area contributed by atoms with E-state index in [1.807, 2.05) is 30.3 Å². The molecule has 0 spiro atoms. The number of aryl methyl sites for hydroxylation is 2. The van der Waals surface area contributed by atoms with E-state index in [1.165, 1.54) is 28.0 Å². The second-order valence-electron chi connectivity index (χ2n) is 7.42. The first kappa shape index (κ1) is 20.6. The summed E-state index contributed by atoms with van der Waals surface area (Å²) in [6.45, 7) is 5.56. The van der Waals surface area contributed by atoms with Crippen LogP contribution in [0.25, 0.3) is 0 Å². The monoisotopic (exact) mass is 393 g/mol. The molecule has 2 aromatic rings. The molecule has 6 nitrogen and oxygen atoms in total. The number of hydrazone groups is 1. The molecule has 6 heteroatoms. The molecule has 0 saturated heterocycles. The molecule has 1 heterocycles. The van der Waals surface area contributed by atoms with Gasteiger partial charge in [-0.05, 0) is 42.7 Å². The molecule has 3 rings (SSSR count). The van der Waals surface area contributed by atoms with E-state index in [-0.39, 0.29) is 24.4 Å². The SMILES string of the molecule is COc1ccccc1C1CC(c2ccc(C)c(C)c2)=NN1C(=O)CN(C)C(C)=O. The number of ether oxygens (including phenoxy) is 1. The normalized spacial score (nSPS) is 15.8. The van der Waals surface area contributed by atoms with E-state index < -0.39 is 0 Å². The number of nitrogens with zero attached hydrogens (tertiary/aromatic N) is 3. The Morgan fingerprint density at radius 1 is 1.17 bits per heavy atom. The van der Waals surface area contributed by atoms with Gasteiger partial charge in [0.15, 0.2) is 0 Å². The Bertz CT molecular complexity index is 968. The summed E-state index contributed by atoms with van der Waals surface area (Å²) in [7, 11) is 3.23. The highest BCUT2D eigenvalue weighted by Gasteiger charge is 2.35. The summed E-state index contributed by atoms with van der Waals surface area (Å²) in [5, 5.41) is 6.18. The highest BCUT2D eigenvalue weighted by Crippen LogP contribution is 2.37. The van der Waals surface area contributed by atoms with Crippen LogP contribution >= 0.6 is 0 Å². The van der Waals surface area contributed by atoms with Gasteiger partial charge in [-0.15, -0.1) is 0 Å². The Morgan fingerprint density at radius 3 is 2.55 bits per heavy atom. The topological polar surface area (TPSA) is 62.2 Å². The van der Waals surface area contributed by atoms with Gasteiger partial charge in [-0.3, -0.25) is 9.59 Å². The van der Waals surface area contributed by atoms with Gasteiger partial charge in [-0.25, -0.2) is 5.01 Å². The van der Waals surface area contributed by atoms with Crippen molar-refractivity contribution < 1.29 is 14.3 Å². The van der Waals surface area contributed by atoms with Crippen LogP contribution < -0.4 is 4.74 Å². The fourth-order valence-corrected chi connectivity index (χ4v) is 3.41. The molecule has 1 unspecified atom stereocenters. The lowest BCUT2D eigenvalue weighted by atomic mass is 9.96. The number of amides is 2. The maximum Gasteiger partial charge on any atom is 0.262 e. The second-order valence-corrected chi connectivity index (χ2v) is 7.42. The van der Waals surface area contributed by atoms with E-state index in [0.29, 0.717) is 12.2 Å². The van der Waals surface area contributed by atoms with Crippen molar-refractivity contribution in [1.82, 2.24) is 9.91 Å². The first-order valence-electron chi connectivity index (χ1n) is 9.63. The van der Waals surface area contributed by atoms with Crippen molar-refractivity contribution >= 4 is 17.5 Å². The Morgan fingerprint density at radius 2 is 1.90 bits per heavy atom. The molecule has 0 bridgehead atoms. The molecule has 2 aromatic carbocycles. The van der Waals surface area contributed by atoms with Gasteiger partial charge in [-0.2, -0.15) is 5.10 Å². The minimum atomic E-state index is -0.282. The molecule has 2 amide bonds. The van der Waals surface area contributed by atoms with Crippen LogP contribution in [0.5, 0.6) is 5.75 Å². The van der Waals surface area contributed by atoms with Crippen molar-refractivity contribution in [2.45, 2.75) is 33.2 Å². The van der Waals surface area contributed by atoms with E-state index in [9.17, 15) is 9.59 Å². The van der Waals surface area contributed by atoms with Crippen molar-refractivity contribution in [2.75, 3.05) is 20.7 Å². The molecule has 0 saturated carbocycles. The summed E-state index contributed by atoms with van der Waals surface area (Å²) in [6, 6.07) is 13.6. The zero-order valence-electron chi connectivity index (χ0n) is 17.6. The minimum absolute atomic E-state index is 0.0231. The molecule has 0 fully saturated rings. The van der Waals surface area contributed by atoms with E-state index in [1.54, 1.807) is 14.2 Å². The molecule has 1 aliphatic heterocycles. The average Bonchev–Trinajstić information content (AvgIpc) is 3.15. The average molecular weight is 393 g/mol. The summed E-state index contributed by atoms with van der Waals surface area (Å²) < 4.78 is 5.53. The summed E-state index contributed by atoms with van der Waals surface area (Å²) in [5.74, 6) is 0.328. The first-order chi connectivity index (χ1) is 13.8. The highest BCUT2D eigenvalue weighted by molar-refractivity contribution is 6.03. The van der Waals surface area contributed by atoms with Crippen LogP contribution in [0.1, 0.15) is 41.6 Å². The maximum absolute atomic E-state index is 13.0. The molecule has 0 aromatic heterocycles. The third-order valence-corrected chi connectivity index (χ3v) is 5.41. The number of methoxy groups -OCH3 is 1. The standard InChI is InChI=1S/C23H27N3O3/c1-15-10-11-18(12-16(15)2)20-13-21(19-8-6-7-9-22(19)29-5)26(24-20)23(28)14-25(4)17(3)27/h6-12,21H,13-14H2,1-5H3. The fourth-order valence-electron chi connectivity index (χ4n) is 3.41. The number of rotatable bonds is 5. The van der Waals surface area contributed by atoms with Gasteiger partial charge >= 0.3 is 0 Å². The number of likely N-dealkylation sites (N-methyl/N-ethyl adjacent to an activating group) is 1. The maximum atomic E-state index is 13.0. The van der Waals surface area contributed by atoms with Gasteiger partial charge in [0.2, 0.25) is 5.91 Å². The summed E-state index contributed by atoms with van der Waals surface area (Å²) in [5.41, 5.74) is 5.15. The highest BCUT2D eigenvalue weighted by atomic mass is 16.5. The van der Waals surface area contributed by atoms with E-state index in [4.69, 9.17) is 4.74 Å². The number of carbonyl (C=O) groups is 2. The van der Waals surface area contributed by atoms with Gasteiger partial charge in [-0.1, -0.05) is 30.3 Å². The number of benzene rings is 2. The van der Waals surface area contributed by atoms with Gasteiger partial charge in [0.1, 0.15) is 12.3 Å². The van der Waals surface area contributed by atoms with E-state index >= 15 is 0 Å². The lowest BCUT2D eigenvalue weighted by molar-refractivity contribution is -0.139. The van der Waals surface area contributed by atoms with Gasteiger partial charge < -0.3 is 9.64 Å². The van der Waals surface area contributed by atoms with Crippen LogP contribution in [0.15, 0.2) is 47.6 Å². The van der Waals surface area contributed by atoms with Crippen molar-refractivity contribution in [2.24, 2.45) is 5.10 Å². The molecular formula is C23H27N3O3. The number of carbonyl (C=O) groups excluding carboxylic acids is 2. The third-order valence-electron chi connectivity index (χ3n) is 5.41. The van der Waals surface area contributed by atoms with Crippen LogP contribution in [0.3, 0.4) is 0 Å². The number of hydrogen-bond donors (Lipinski definition) is 0. The van der Waals surface area contributed by atoms with Crippen molar-refractivity contribution in [3.05, 3.63) is 64.7 Å². The zero-order valence-corrected chi connectivity index (χ0v) is 17.6. The molecule has 0 aliphatic carbocycles. The van der Waals surface area contributed by atoms with Gasteiger partial charge in [0.25, 0.3) is 5.91 Å². The quantitative estimate of drug-likeness (QED) is 0.781. The van der Waals surface area contributed by atoms with Crippen LogP contribution in [0.4, 0.5) is 0 Å². The molecule has 29 heavy (non-hydrogen) atoms. The Kier molecular flexibility index (Phi) is 6.01. The van der Waals surface area contributed by atoms with E-state index in [0.717, 1.165) is 16.8 Å². The van der Waals surface area contributed by atoms with Crippen LogP contribution in [0.2, 0.25) is 0 Å². The lowest BCUT2D eigenvalue weighted by Gasteiger charge is -2.25. The molecular weight excluding hydrogens is 366 g/mol. The Hall–Kier alpha value is -3.15. The first-order valence-corrected chi connectivity index (χ1v) is 9.63. The lowest BCUT2D eigenvalue weighted by Crippen LogP contribution is -2.38. The van der Waals surface area contributed by atoms with Crippen molar-refractivity contribution in [1.29, 1.82) is 0 Å². The molecule has 1 aliphatic rings. The van der Waals surface area contributed by atoms with Crippen LogP contribution in [0, 0.1) is 13.8 Å². The van der Waals surface area contributed by atoms with Crippen molar-refractivity contribution in [3.63, 3.8) is 0 Å². The summed E-state index contributed by atoms with van der Waals surface area (Å²) >= 11 is 0. The minimum Gasteiger partial charge on any atom is -0.496 e. The molecule has 1 atom stereocenters. The largest absolute Gasteiger partial charge is 0.496 e. The summed E-state index contributed by atoms with van der Waals surface area (Å²) in [6.07, 6.45) is 0.582. The Labute approximate surface area is 171 Å². The third kappa shape index (κ3) is 4.31. The van der Waals surface area contributed by atoms with Crippen molar-refractivity contribution in [3.8, 4) is 5.75 Å². The summed E-state index contributed by atoms with van der Waals surface area (Å²) in [4.78, 5) is 26.0. The van der Waals surface area contributed by atoms with Crippen LogP contribution in [-0.4, -0.2) is 48.1 Å². The number of hydrogen-bond acceptors (Lipinski definition) is 4. The second kappa shape index (κ2) is 8.47. The molecule has 152 valence electrons. The predicted octanol–water partition coefficient (Wildman–Crippen LogP) is 3.47. The molecule has 0 radical (unpaired) electrons. The van der Waals surface area contributed by atoms with E-state index in [2.05, 4.69) is 31.1 Å². The fraction of sp³-hybridized carbons (Fsp3) is 0.348. The van der Waals surface area contributed by atoms with Gasteiger partial charge in [0.05, 0.1) is 18.9 Å². The number of para-hydroxylation sites is 1.